The van der Waals surface area contributed by atoms with Crippen molar-refractivity contribution in [3.63, 3.8) is 0 Å². The van der Waals surface area contributed by atoms with Gasteiger partial charge in [-0.2, -0.15) is 10.1 Å². The first-order valence-electron chi connectivity index (χ1n) is 17.4. The number of rotatable bonds is 15. The van der Waals surface area contributed by atoms with Crippen LogP contribution in [0.5, 0.6) is 5.75 Å². The maximum Gasteiger partial charge on any atom is 0.411 e. The number of benzene rings is 3. The second-order valence-electron chi connectivity index (χ2n) is 14.4. The van der Waals surface area contributed by atoms with Crippen molar-refractivity contribution in [3.05, 3.63) is 96.2 Å². The number of carboxylic acid groups (broad SMARTS) is 1. The lowest BCUT2D eigenvalue weighted by molar-refractivity contribution is 0.0783. The topological polar surface area (TPSA) is 144 Å². The number of ether oxygens (including phenoxy) is 1. The fraction of sp³-hybridized carbons (Fsp3) is 0.385. The average Bonchev–Trinajstić information content (AvgIpc) is 3.49. The number of nitrogens with zero attached hydrogens (tertiary/aromatic N) is 4. The Bertz CT molecular complexity index is 1880. The van der Waals surface area contributed by atoms with E-state index in [1.54, 1.807) is 31.8 Å². The number of fused-ring (bicyclic) bond motifs is 1. The molecular formula is C39H50N6O5Si. The van der Waals surface area contributed by atoms with Crippen molar-refractivity contribution in [2.24, 2.45) is 0 Å². The largest absolute Gasteiger partial charge is 0.496 e. The van der Waals surface area contributed by atoms with Crippen LogP contribution in [0.3, 0.4) is 0 Å². The molecule has 0 bridgehead atoms. The second kappa shape index (κ2) is 15.6. The quantitative estimate of drug-likeness (QED) is 0.0868. The van der Waals surface area contributed by atoms with Crippen LogP contribution in [0, 0.1) is 0 Å². The Kier molecular flexibility index (Phi) is 11.5. The van der Waals surface area contributed by atoms with Crippen molar-refractivity contribution >= 4 is 47.6 Å². The molecule has 0 aliphatic heterocycles. The minimum Gasteiger partial charge on any atom is -0.496 e. The van der Waals surface area contributed by atoms with Gasteiger partial charge in [0.1, 0.15) is 16.8 Å². The minimum absolute atomic E-state index is 0.0389. The number of aliphatic hydroxyl groups is 1. The Morgan fingerprint density at radius 2 is 1.59 bits per heavy atom. The number of hydrogen-bond acceptors (Lipinski definition) is 8. The standard InChI is InChI=1S/C39H50N6O5Si/c1-8-15-29(22-23-50-51(38(2,3)4,30-16-11-9-12-17-30)31-18-13-10-14-19-31)41-35-34-32(42-36(43-35)44-37(46)47)25-40-45(34)26-27-20-21-28(39(5,6)48)24-33(27)49-7/h9-14,16-21,24-25,29,48H,8,15,22-23,26H2,1-7H3,(H,46,47)(H2,41,42,43,44). The molecule has 5 rings (SSSR count). The molecule has 51 heavy (non-hydrogen) atoms. The summed E-state index contributed by atoms with van der Waals surface area (Å²) in [6.07, 6.45) is 2.78. The van der Waals surface area contributed by atoms with E-state index in [4.69, 9.17) is 9.16 Å². The van der Waals surface area contributed by atoms with Crippen LogP contribution < -0.4 is 25.7 Å². The van der Waals surface area contributed by atoms with Crippen molar-refractivity contribution in [2.45, 2.75) is 84.0 Å². The molecule has 2 heterocycles. The Hall–Kier alpha value is -4.78. The predicted octanol–water partition coefficient (Wildman–Crippen LogP) is 6.75. The van der Waals surface area contributed by atoms with Crippen LogP contribution in [0.15, 0.2) is 85.1 Å². The van der Waals surface area contributed by atoms with E-state index < -0.39 is 20.0 Å². The van der Waals surface area contributed by atoms with Gasteiger partial charge in [0.2, 0.25) is 5.95 Å². The van der Waals surface area contributed by atoms with Crippen molar-refractivity contribution in [3.8, 4) is 5.75 Å². The molecule has 2 aromatic heterocycles. The van der Waals surface area contributed by atoms with E-state index in [2.05, 4.69) is 102 Å². The monoisotopic (exact) mass is 710 g/mol. The van der Waals surface area contributed by atoms with Crippen LogP contribution in [-0.2, 0) is 16.6 Å². The van der Waals surface area contributed by atoms with Gasteiger partial charge in [-0.25, -0.2) is 9.78 Å². The van der Waals surface area contributed by atoms with Gasteiger partial charge in [0.05, 0.1) is 25.5 Å². The van der Waals surface area contributed by atoms with Gasteiger partial charge in [-0.05, 0) is 53.7 Å². The normalized spacial score (nSPS) is 12.9. The van der Waals surface area contributed by atoms with Crippen LogP contribution in [-0.4, -0.2) is 64.1 Å². The van der Waals surface area contributed by atoms with E-state index in [9.17, 15) is 15.0 Å². The molecule has 5 aromatic rings. The highest BCUT2D eigenvalue weighted by atomic mass is 28.4. The number of methoxy groups -OCH3 is 1. The fourth-order valence-corrected chi connectivity index (χ4v) is 11.3. The molecule has 4 N–H and O–H groups in total. The van der Waals surface area contributed by atoms with E-state index in [-0.39, 0.29) is 17.0 Å². The number of hydrogen-bond donors (Lipinski definition) is 4. The zero-order chi connectivity index (χ0) is 36.8. The molecule has 1 unspecified atom stereocenters. The van der Waals surface area contributed by atoms with Gasteiger partial charge in [0, 0.05) is 18.2 Å². The fourth-order valence-electron chi connectivity index (χ4n) is 6.73. The molecule has 0 aliphatic rings. The van der Waals surface area contributed by atoms with Crippen molar-refractivity contribution < 1.29 is 24.2 Å². The van der Waals surface area contributed by atoms with Gasteiger partial charge in [0.25, 0.3) is 8.32 Å². The first-order chi connectivity index (χ1) is 24.3. The van der Waals surface area contributed by atoms with Crippen molar-refractivity contribution in [1.82, 2.24) is 19.7 Å². The summed E-state index contributed by atoms with van der Waals surface area (Å²) in [5, 5.41) is 32.9. The molecule has 11 nitrogen and oxygen atoms in total. The Labute approximate surface area is 301 Å². The maximum absolute atomic E-state index is 11.6. The van der Waals surface area contributed by atoms with Gasteiger partial charge in [-0.1, -0.05) is 107 Å². The zero-order valence-electron chi connectivity index (χ0n) is 30.6. The highest BCUT2D eigenvalue weighted by molar-refractivity contribution is 6.99. The molecule has 0 radical (unpaired) electrons. The van der Waals surface area contributed by atoms with Gasteiger partial charge in [-0.3, -0.25) is 10.00 Å². The van der Waals surface area contributed by atoms with Gasteiger partial charge in [0.15, 0.2) is 5.82 Å². The first kappa shape index (κ1) is 37.5. The Balaban J connectivity index is 1.49. The summed E-state index contributed by atoms with van der Waals surface area (Å²) in [5.41, 5.74) is 1.66. The third-order valence-electron chi connectivity index (χ3n) is 9.20. The average molecular weight is 711 g/mol. The molecule has 12 heteroatoms. The van der Waals surface area contributed by atoms with Crippen LogP contribution in [0.4, 0.5) is 16.6 Å². The summed E-state index contributed by atoms with van der Waals surface area (Å²) in [4.78, 5) is 20.7. The third kappa shape index (κ3) is 8.41. The van der Waals surface area contributed by atoms with E-state index in [0.717, 1.165) is 24.0 Å². The van der Waals surface area contributed by atoms with E-state index >= 15 is 0 Å². The first-order valence-corrected chi connectivity index (χ1v) is 19.3. The van der Waals surface area contributed by atoms with Crippen molar-refractivity contribution in [1.29, 1.82) is 0 Å². The summed E-state index contributed by atoms with van der Waals surface area (Å²) in [6.45, 7) is 13.2. The Morgan fingerprint density at radius 3 is 2.14 bits per heavy atom. The lowest BCUT2D eigenvalue weighted by atomic mass is 9.96. The van der Waals surface area contributed by atoms with Gasteiger partial charge >= 0.3 is 6.09 Å². The molecule has 0 saturated carbocycles. The third-order valence-corrected chi connectivity index (χ3v) is 14.2. The second-order valence-corrected chi connectivity index (χ2v) is 18.7. The summed E-state index contributed by atoms with van der Waals surface area (Å²) in [7, 11) is -1.14. The molecular weight excluding hydrogens is 661 g/mol. The predicted molar refractivity (Wildman–Crippen MR) is 205 cm³/mol. The number of nitrogens with one attached hydrogen (secondary N) is 2. The summed E-state index contributed by atoms with van der Waals surface area (Å²) >= 11 is 0. The highest BCUT2D eigenvalue weighted by Crippen LogP contribution is 2.37. The molecule has 0 saturated heterocycles. The number of aromatic nitrogens is 4. The van der Waals surface area contributed by atoms with E-state index in [1.165, 1.54) is 10.4 Å². The summed E-state index contributed by atoms with van der Waals surface area (Å²) in [5.74, 6) is 1.04. The maximum atomic E-state index is 11.6. The number of carbonyl (C=O) groups is 1. The van der Waals surface area contributed by atoms with Crippen molar-refractivity contribution in [2.75, 3.05) is 24.4 Å². The molecule has 3 aromatic carbocycles. The van der Waals surface area contributed by atoms with Crippen LogP contribution in [0.2, 0.25) is 5.04 Å². The van der Waals surface area contributed by atoms with E-state index in [0.29, 0.717) is 42.2 Å². The molecule has 0 fully saturated rings. The zero-order valence-corrected chi connectivity index (χ0v) is 31.6. The highest BCUT2D eigenvalue weighted by Gasteiger charge is 2.50. The molecule has 270 valence electrons. The molecule has 0 aliphatic carbocycles. The smallest absolute Gasteiger partial charge is 0.411 e. The molecule has 1 amide bonds. The van der Waals surface area contributed by atoms with Gasteiger partial charge in [-0.15, -0.1) is 0 Å². The van der Waals surface area contributed by atoms with Crippen LogP contribution >= 0.6 is 0 Å². The van der Waals surface area contributed by atoms with E-state index in [1.807, 2.05) is 30.3 Å². The SMILES string of the molecule is CCCC(CCO[Si](c1ccccc1)(c1ccccc1)C(C)(C)C)Nc1nc(NC(=O)O)nc2cnn(Cc3ccc(C(C)(C)O)cc3OC)c12. The molecule has 1 atom stereocenters. The lowest BCUT2D eigenvalue weighted by Gasteiger charge is -2.43. The lowest BCUT2D eigenvalue weighted by Crippen LogP contribution is -2.66. The minimum atomic E-state index is -2.74. The number of amides is 1. The van der Waals surface area contributed by atoms with Gasteiger partial charge < -0.3 is 24.7 Å². The number of anilines is 2. The Morgan fingerprint density at radius 1 is 0.941 bits per heavy atom. The summed E-state index contributed by atoms with van der Waals surface area (Å²) < 4.78 is 14.7. The molecule has 0 spiro atoms. The van der Waals surface area contributed by atoms with Crippen LogP contribution in [0.25, 0.3) is 11.0 Å². The van der Waals surface area contributed by atoms with Crippen LogP contribution in [0.1, 0.15) is 71.9 Å². The summed E-state index contributed by atoms with van der Waals surface area (Å²) in [6, 6.07) is 26.7.